The first-order valence-electron chi connectivity index (χ1n) is 12.5. The van der Waals surface area contributed by atoms with Crippen LogP contribution in [0.2, 0.25) is 0 Å². The van der Waals surface area contributed by atoms with E-state index in [-0.39, 0.29) is 17.0 Å². The third kappa shape index (κ3) is 4.48. The number of thioether (sulfide) groups is 1. The Morgan fingerprint density at radius 3 is 2.47 bits per heavy atom. The van der Waals surface area contributed by atoms with Gasteiger partial charge < -0.3 is 5.32 Å². The minimum Gasteiger partial charge on any atom is -0.350 e. The van der Waals surface area contributed by atoms with Crippen molar-refractivity contribution >= 4 is 28.6 Å². The number of rotatable bonds is 9. The van der Waals surface area contributed by atoms with Crippen molar-refractivity contribution in [3.05, 3.63) is 34.6 Å². The van der Waals surface area contributed by atoms with Crippen LogP contribution in [0.5, 0.6) is 0 Å². The molecule has 4 saturated carbocycles. The van der Waals surface area contributed by atoms with Gasteiger partial charge in [-0.05, 0) is 74.8 Å². The molecule has 1 aromatic heterocycles. The molecular weight excluding hydrogens is 418 g/mol. The van der Waals surface area contributed by atoms with Crippen LogP contribution in [0.3, 0.4) is 0 Å². The van der Waals surface area contributed by atoms with Crippen LogP contribution in [-0.4, -0.2) is 26.8 Å². The molecule has 6 rings (SSSR count). The van der Waals surface area contributed by atoms with Crippen LogP contribution in [0, 0.1) is 17.8 Å². The Labute approximate surface area is 194 Å². The zero-order valence-electron chi connectivity index (χ0n) is 19.1. The maximum atomic E-state index is 13.2. The minimum atomic E-state index is 0.0103. The van der Waals surface area contributed by atoms with Gasteiger partial charge in [0.05, 0.1) is 16.7 Å². The van der Waals surface area contributed by atoms with Crippen molar-refractivity contribution in [2.45, 2.75) is 88.4 Å². The van der Waals surface area contributed by atoms with Gasteiger partial charge in [-0.3, -0.25) is 14.2 Å². The first-order valence-corrected chi connectivity index (χ1v) is 13.5. The van der Waals surface area contributed by atoms with E-state index in [2.05, 4.69) is 12.2 Å². The molecule has 1 amide bonds. The summed E-state index contributed by atoms with van der Waals surface area (Å²) in [6, 6.07) is 7.53. The van der Waals surface area contributed by atoms with Gasteiger partial charge in [-0.1, -0.05) is 50.1 Å². The second-order valence-corrected chi connectivity index (χ2v) is 11.4. The number of hydrogen-bond donors (Lipinski definition) is 1. The van der Waals surface area contributed by atoms with Gasteiger partial charge in [-0.2, -0.15) is 0 Å². The van der Waals surface area contributed by atoms with Gasteiger partial charge in [-0.15, -0.1) is 0 Å². The summed E-state index contributed by atoms with van der Waals surface area (Å²) in [5, 5.41) is 4.78. The van der Waals surface area contributed by atoms with Gasteiger partial charge in [0.1, 0.15) is 0 Å². The third-order valence-corrected chi connectivity index (χ3v) is 8.81. The maximum Gasteiger partial charge on any atom is 0.262 e. The monoisotopic (exact) mass is 453 g/mol. The van der Waals surface area contributed by atoms with Crippen molar-refractivity contribution in [2.24, 2.45) is 17.8 Å². The summed E-state index contributed by atoms with van der Waals surface area (Å²) < 4.78 is 1.79. The molecule has 0 unspecified atom stereocenters. The van der Waals surface area contributed by atoms with Crippen LogP contribution >= 0.6 is 11.8 Å². The van der Waals surface area contributed by atoms with E-state index in [0.29, 0.717) is 28.4 Å². The van der Waals surface area contributed by atoms with E-state index >= 15 is 0 Å². The number of para-hydroxylation sites is 1. The normalized spacial score (nSPS) is 28.3. The molecule has 0 atom stereocenters. The van der Waals surface area contributed by atoms with Crippen molar-refractivity contribution in [3.8, 4) is 0 Å². The summed E-state index contributed by atoms with van der Waals surface area (Å²) in [4.78, 5) is 31.0. The number of nitrogens with zero attached hydrogens (tertiary/aromatic N) is 2. The smallest absolute Gasteiger partial charge is 0.262 e. The lowest BCUT2D eigenvalue weighted by molar-refractivity contribution is -0.124. The van der Waals surface area contributed by atoms with Gasteiger partial charge in [0.15, 0.2) is 5.16 Å². The Hall–Kier alpha value is -1.82. The molecule has 4 fully saturated rings. The molecule has 4 bridgehead atoms. The number of fused-ring (bicyclic) bond motifs is 1. The third-order valence-electron chi connectivity index (χ3n) is 7.84. The average Bonchev–Trinajstić information content (AvgIpc) is 2.75. The summed E-state index contributed by atoms with van der Waals surface area (Å²) in [7, 11) is 0. The highest BCUT2D eigenvalue weighted by Crippen LogP contribution is 2.55. The fraction of sp³-hybridized carbons (Fsp3) is 0.654. The molecule has 5 nitrogen and oxygen atoms in total. The maximum absolute atomic E-state index is 13.2. The Morgan fingerprint density at radius 1 is 1.09 bits per heavy atom. The first kappa shape index (κ1) is 22.0. The Balaban J connectivity index is 1.29. The molecule has 1 N–H and O–H groups in total. The van der Waals surface area contributed by atoms with Crippen LogP contribution in [0.15, 0.2) is 34.2 Å². The highest BCUT2D eigenvalue weighted by atomic mass is 32.2. The predicted octanol–water partition coefficient (Wildman–Crippen LogP) is 5.15. The molecule has 0 spiro atoms. The quantitative estimate of drug-likeness (QED) is 0.324. The molecule has 1 heterocycles. The van der Waals surface area contributed by atoms with E-state index in [1.165, 1.54) is 37.4 Å². The van der Waals surface area contributed by atoms with E-state index in [1.54, 1.807) is 4.57 Å². The Bertz CT molecular complexity index is 1010. The summed E-state index contributed by atoms with van der Waals surface area (Å²) in [6.07, 6.45) is 12.0. The summed E-state index contributed by atoms with van der Waals surface area (Å²) >= 11 is 1.42. The second kappa shape index (κ2) is 9.20. The molecule has 4 aliphatic rings. The van der Waals surface area contributed by atoms with Gasteiger partial charge in [0, 0.05) is 12.1 Å². The van der Waals surface area contributed by atoms with Crippen molar-refractivity contribution in [1.29, 1.82) is 0 Å². The Morgan fingerprint density at radius 2 is 1.78 bits per heavy atom. The second-order valence-electron chi connectivity index (χ2n) is 10.5. The van der Waals surface area contributed by atoms with E-state index in [9.17, 15) is 9.59 Å². The van der Waals surface area contributed by atoms with E-state index < -0.39 is 0 Å². The number of unbranched alkanes of at least 4 members (excludes halogenated alkanes) is 3. The lowest BCUT2D eigenvalue weighted by Crippen LogP contribution is -2.60. The lowest BCUT2D eigenvalue weighted by atomic mass is 9.53. The fourth-order valence-corrected chi connectivity index (χ4v) is 7.70. The molecule has 0 aliphatic heterocycles. The summed E-state index contributed by atoms with van der Waals surface area (Å²) in [6.45, 7) is 2.85. The zero-order chi connectivity index (χ0) is 22.1. The number of amides is 1. The summed E-state index contributed by atoms with van der Waals surface area (Å²) in [5.74, 6) is 2.84. The van der Waals surface area contributed by atoms with Gasteiger partial charge >= 0.3 is 0 Å². The molecule has 6 heteroatoms. The minimum absolute atomic E-state index is 0.0103. The highest BCUT2D eigenvalue weighted by Gasteiger charge is 2.51. The van der Waals surface area contributed by atoms with Crippen LogP contribution in [-0.2, 0) is 11.3 Å². The van der Waals surface area contributed by atoms with E-state index in [1.807, 2.05) is 24.3 Å². The van der Waals surface area contributed by atoms with Crippen LogP contribution in [0.4, 0.5) is 0 Å². The first-order chi connectivity index (χ1) is 15.5. The number of benzene rings is 1. The van der Waals surface area contributed by atoms with Gasteiger partial charge in [0.2, 0.25) is 5.91 Å². The number of aromatic nitrogens is 2. The molecule has 4 aliphatic carbocycles. The SMILES string of the molecule is CCCCCCn1c(SCC(=O)NC23CC4CC(CC(C4)C2)C3)nc2ccccc2c1=O. The number of hydrogen-bond acceptors (Lipinski definition) is 4. The Kier molecular flexibility index (Phi) is 6.33. The number of nitrogens with one attached hydrogen (secondary N) is 1. The van der Waals surface area contributed by atoms with Crippen LogP contribution < -0.4 is 10.9 Å². The van der Waals surface area contributed by atoms with Crippen molar-refractivity contribution in [2.75, 3.05) is 5.75 Å². The van der Waals surface area contributed by atoms with Crippen LogP contribution in [0.1, 0.15) is 71.1 Å². The van der Waals surface area contributed by atoms with Gasteiger partial charge in [-0.25, -0.2) is 4.98 Å². The van der Waals surface area contributed by atoms with Crippen molar-refractivity contribution in [3.63, 3.8) is 0 Å². The molecule has 1 aromatic carbocycles. The fourth-order valence-electron chi connectivity index (χ4n) is 6.88. The van der Waals surface area contributed by atoms with E-state index in [4.69, 9.17) is 4.98 Å². The average molecular weight is 454 g/mol. The van der Waals surface area contributed by atoms with E-state index in [0.717, 1.165) is 56.3 Å². The topological polar surface area (TPSA) is 64.0 Å². The molecule has 172 valence electrons. The zero-order valence-corrected chi connectivity index (χ0v) is 20.0. The molecule has 2 aromatic rings. The lowest BCUT2D eigenvalue weighted by Gasteiger charge is -2.56. The molecule has 0 radical (unpaired) electrons. The molecule has 0 saturated heterocycles. The number of carbonyl (C=O) groups is 1. The predicted molar refractivity (Wildman–Crippen MR) is 130 cm³/mol. The number of carbonyl (C=O) groups excluding carboxylic acids is 1. The van der Waals surface area contributed by atoms with Crippen LogP contribution in [0.25, 0.3) is 10.9 Å². The molecular formula is C26H35N3O2S. The van der Waals surface area contributed by atoms with Gasteiger partial charge in [0.25, 0.3) is 5.56 Å². The van der Waals surface area contributed by atoms with Crippen molar-refractivity contribution in [1.82, 2.24) is 14.9 Å². The summed E-state index contributed by atoms with van der Waals surface area (Å²) in [5.41, 5.74) is 0.755. The molecule has 32 heavy (non-hydrogen) atoms. The largest absolute Gasteiger partial charge is 0.350 e. The highest BCUT2D eigenvalue weighted by molar-refractivity contribution is 7.99. The van der Waals surface area contributed by atoms with Crippen molar-refractivity contribution < 1.29 is 4.79 Å². The standard InChI is InChI=1S/C26H35N3O2S/c1-2-3-4-7-10-29-24(31)21-8-5-6-9-22(21)27-25(29)32-17-23(30)28-26-14-18-11-19(15-26)13-20(12-18)16-26/h5-6,8-9,18-20H,2-4,7,10-17H2,1H3,(H,28,30).